The second-order valence-corrected chi connectivity index (χ2v) is 6.35. The lowest BCUT2D eigenvalue weighted by Gasteiger charge is -2.01. The molecule has 3 rings (SSSR count). The molecule has 0 atom stereocenters. The van der Waals surface area contributed by atoms with Gasteiger partial charge in [0, 0.05) is 12.6 Å². The molecule has 0 spiro atoms. The lowest BCUT2D eigenvalue weighted by molar-refractivity contribution is 0.0914. The molecule has 0 aliphatic carbocycles. The Labute approximate surface area is 141 Å². The second-order valence-electron chi connectivity index (χ2n) is 5.40. The van der Waals surface area contributed by atoms with Crippen LogP contribution in [0.1, 0.15) is 36.0 Å². The molecule has 9 heteroatoms. The van der Waals surface area contributed by atoms with Gasteiger partial charge in [-0.05, 0) is 17.4 Å². The fraction of sp³-hybridized carbons (Fsp3) is 0.333. The molecule has 1 amide bonds. The zero-order valence-electron chi connectivity index (χ0n) is 13.2. The Kier molecular flexibility index (Phi) is 4.61. The van der Waals surface area contributed by atoms with Gasteiger partial charge < -0.3 is 14.3 Å². The maximum Gasteiger partial charge on any atom is 0.437 e. The van der Waals surface area contributed by atoms with Crippen LogP contribution in [0.15, 0.2) is 37.3 Å². The minimum absolute atomic E-state index is 0.144. The maximum atomic E-state index is 12.0. The molecule has 0 aliphatic heterocycles. The third kappa shape index (κ3) is 3.46. The highest BCUT2D eigenvalue weighted by atomic mass is 32.1. The Hall–Kier alpha value is -2.68. The molecule has 3 heterocycles. The van der Waals surface area contributed by atoms with E-state index in [9.17, 15) is 9.59 Å². The molecule has 24 heavy (non-hydrogen) atoms. The number of aromatic nitrogens is 3. The topological polar surface area (TPSA) is 103 Å². The third-order valence-electron chi connectivity index (χ3n) is 3.29. The molecule has 0 bridgehead atoms. The molecule has 0 aromatic carbocycles. The molecule has 0 saturated carbocycles. The van der Waals surface area contributed by atoms with Gasteiger partial charge in [-0.25, -0.2) is 4.79 Å². The smallest absolute Gasteiger partial charge is 0.387 e. The highest BCUT2D eigenvalue weighted by Crippen LogP contribution is 2.20. The van der Waals surface area contributed by atoms with Crippen LogP contribution in [0.2, 0.25) is 0 Å². The van der Waals surface area contributed by atoms with Crippen LogP contribution in [0.4, 0.5) is 0 Å². The van der Waals surface area contributed by atoms with Crippen LogP contribution in [-0.2, 0) is 6.54 Å². The summed E-state index contributed by atoms with van der Waals surface area (Å²) >= 11 is 1.43. The Morgan fingerprint density at radius 3 is 2.96 bits per heavy atom. The molecule has 0 saturated heterocycles. The number of rotatable bonds is 6. The summed E-state index contributed by atoms with van der Waals surface area (Å²) in [5.41, 5.74) is 0.716. The number of carbonyl (C=O) groups excluding carboxylic acids is 1. The summed E-state index contributed by atoms with van der Waals surface area (Å²) in [5, 5.41) is 12.5. The van der Waals surface area contributed by atoms with Crippen LogP contribution in [0, 0.1) is 0 Å². The van der Waals surface area contributed by atoms with Gasteiger partial charge in [0.25, 0.3) is 11.8 Å². The fourth-order valence-corrected chi connectivity index (χ4v) is 2.62. The molecule has 1 N–H and O–H groups in total. The van der Waals surface area contributed by atoms with Gasteiger partial charge in [0.05, 0.1) is 17.1 Å². The molecule has 0 radical (unpaired) electrons. The fourth-order valence-electron chi connectivity index (χ4n) is 1.98. The normalized spacial score (nSPS) is 11.1. The second kappa shape index (κ2) is 6.83. The van der Waals surface area contributed by atoms with Crippen molar-refractivity contribution in [3.05, 3.63) is 45.6 Å². The van der Waals surface area contributed by atoms with Crippen LogP contribution in [0.25, 0.3) is 10.8 Å². The summed E-state index contributed by atoms with van der Waals surface area (Å²) in [5.74, 6) is -0.345. The number of hydrogen-bond acceptors (Lipinski definition) is 7. The van der Waals surface area contributed by atoms with Crippen LogP contribution >= 0.6 is 11.3 Å². The van der Waals surface area contributed by atoms with Crippen molar-refractivity contribution in [1.29, 1.82) is 0 Å². The van der Waals surface area contributed by atoms with E-state index in [2.05, 4.69) is 15.6 Å². The average Bonchev–Trinajstić information content (AvgIpc) is 3.28. The highest BCUT2D eigenvalue weighted by Gasteiger charge is 2.15. The van der Waals surface area contributed by atoms with E-state index in [4.69, 9.17) is 8.94 Å². The van der Waals surface area contributed by atoms with Gasteiger partial charge in [-0.15, -0.1) is 16.4 Å². The Balaban J connectivity index is 1.58. The summed E-state index contributed by atoms with van der Waals surface area (Å²) in [6.45, 7) is 4.33. The maximum absolute atomic E-state index is 12.0. The number of nitrogens with zero attached hydrogens (tertiary/aromatic N) is 3. The van der Waals surface area contributed by atoms with Gasteiger partial charge >= 0.3 is 5.76 Å². The molecular formula is C15H16N4O4S. The molecular weight excluding hydrogens is 332 g/mol. The predicted molar refractivity (Wildman–Crippen MR) is 87.0 cm³/mol. The van der Waals surface area contributed by atoms with Crippen molar-refractivity contribution in [3.63, 3.8) is 0 Å². The zero-order chi connectivity index (χ0) is 17.1. The van der Waals surface area contributed by atoms with E-state index in [1.807, 2.05) is 31.4 Å². The SMILES string of the molecule is CC(C)c1cc(C(=O)NCCn2nc(-c3cccs3)oc2=O)on1. The predicted octanol–water partition coefficient (Wildman–Crippen LogP) is 2.11. The van der Waals surface area contributed by atoms with Gasteiger partial charge in [-0.3, -0.25) is 4.79 Å². The van der Waals surface area contributed by atoms with E-state index in [1.54, 1.807) is 6.07 Å². The Morgan fingerprint density at radius 1 is 1.46 bits per heavy atom. The first-order valence-electron chi connectivity index (χ1n) is 7.41. The van der Waals surface area contributed by atoms with Crippen LogP contribution in [-0.4, -0.2) is 27.4 Å². The first kappa shape index (κ1) is 16.2. The number of hydrogen-bond donors (Lipinski definition) is 1. The van der Waals surface area contributed by atoms with Crippen molar-refractivity contribution in [2.75, 3.05) is 6.54 Å². The highest BCUT2D eigenvalue weighted by molar-refractivity contribution is 7.13. The van der Waals surface area contributed by atoms with Crippen molar-refractivity contribution in [3.8, 4) is 10.8 Å². The number of carbonyl (C=O) groups is 1. The summed E-state index contributed by atoms with van der Waals surface area (Å²) in [7, 11) is 0. The van der Waals surface area contributed by atoms with Gasteiger partial charge in [-0.2, -0.15) is 4.68 Å². The first-order valence-corrected chi connectivity index (χ1v) is 8.29. The minimum atomic E-state index is -0.561. The molecule has 8 nitrogen and oxygen atoms in total. The van der Waals surface area contributed by atoms with Gasteiger partial charge in [0.1, 0.15) is 0 Å². The van der Waals surface area contributed by atoms with E-state index in [-0.39, 0.29) is 36.6 Å². The lowest BCUT2D eigenvalue weighted by atomic mass is 10.1. The molecule has 0 unspecified atom stereocenters. The Bertz CT molecular complexity index is 876. The summed E-state index contributed by atoms with van der Waals surface area (Å²) in [6.07, 6.45) is 0. The number of amides is 1. The largest absolute Gasteiger partial charge is 0.437 e. The van der Waals surface area contributed by atoms with E-state index < -0.39 is 5.76 Å². The molecule has 0 aliphatic rings. The van der Waals surface area contributed by atoms with Gasteiger partial charge in [0.15, 0.2) is 0 Å². The number of thiophene rings is 1. The van der Waals surface area contributed by atoms with Crippen molar-refractivity contribution >= 4 is 17.2 Å². The van der Waals surface area contributed by atoms with Crippen LogP contribution < -0.4 is 11.1 Å². The molecule has 3 aromatic rings. The van der Waals surface area contributed by atoms with Crippen molar-refractivity contribution in [1.82, 2.24) is 20.3 Å². The van der Waals surface area contributed by atoms with Crippen molar-refractivity contribution in [2.24, 2.45) is 0 Å². The van der Waals surface area contributed by atoms with Gasteiger partial charge in [0.2, 0.25) is 5.76 Å². The number of nitrogens with one attached hydrogen (secondary N) is 1. The van der Waals surface area contributed by atoms with Crippen molar-refractivity contribution in [2.45, 2.75) is 26.3 Å². The Morgan fingerprint density at radius 2 is 2.29 bits per heavy atom. The quantitative estimate of drug-likeness (QED) is 0.732. The molecule has 3 aromatic heterocycles. The molecule has 0 fully saturated rings. The standard InChI is InChI=1S/C15H16N4O4S/c1-9(2)10-8-11(23-18-10)13(20)16-5-6-19-15(21)22-14(17-19)12-4-3-7-24-12/h3-4,7-9H,5-6H2,1-2H3,(H,16,20). The summed E-state index contributed by atoms with van der Waals surface area (Å²) in [6, 6.07) is 5.28. The minimum Gasteiger partial charge on any atom is -0.387 e. The van der Waals surface area contributed by atoms with E-state index in [1.165, 1.54) is 16.0 Å². The van der Waals surface area contributed by atoms with Crippen molar-refractivity contribution < 1.29 is 13.7 Å². The van der Waals surface area contributed by atoms with E-state index >= 15 is 0 Å². The summed E-state index contributed by atoms with van der Waals surface area (Å²) < 4.78 is 11.3. The lowest BCUT2D eigenvalue weighted by Crippen LogP contribution is -2.29. The zero-order valence-corrected chi connectivity index (χ0v) is 14.0. The average molecular weight is 348 g/mol. The molecule has 126 valence electrons. The van der Waals surface area contributed by atoms with Gasteiger partial charge in [-0.1, -0.05) is 25.1 Å². The first-order chi connectivity index (χ1) is 11.5. The van der Waals surface area contributed by atoms with Crippen LogP contribution in [0.3, 0.4) is 0 Å². The third-order valence-corrected chi connectivity index (χ3v) is 4.15. The van der Waals surface area contributed by atoms with E-state index in [0.717, 1.165) is 4.88 Å². The monoisotopic (exact) mass is 348 g/mol. The van der Waals surface area contributed by atoms with E-state index in [0.29, 0.717) is 5.69 Å². The summed E-state index contributed by atoms with van der Waals surface area (Å²) in [4.78, 5) is 24.5. The van der Waals surface area contributed by atoms with Crippen LogP contribution in [0.5, 0.6) is 0 Å².